The monoisotopic (exact) mass is 283 g/mol. The third kappa shape index (κ3) is 2.94. The number of nitrogens with one attached hydrogen (secondary N) is 1. The highest BCUT2D eigenvalue weighted by Crippen LogP contribution is 2.23. The Hall–Kier alpha value is -2.23. The van der Waals surface area contributed by atoms with Crippen molar-refractivity contribution in [1.82, 2.24) is 20.4 Å². The van der Waals surface area contributed by atoms with Gasteiger partial charge in [-0.25, -0.2) is 0 Å². The van der Waals surface area contributed by atoms with E-state index >= 15 is 0 Å². The van der Waals surface area contributed by atoms with Crippen molar-refractivity contribution in [3.05, 3.63) is 35.7 Å². The topological polar surface area (TPSA) is 78.0 Å². The molecule has 0 radical (unpaired) electrons. The number of piperazine rings is 1. The Kier molecular flexibility index (Phi) is 3.95. The van der Waals surface area contributed by atoms with Crippen LogP contribution in [0.5, 0.6) is 0 Å². The van der Waals surface area contributed by atoms with Crippen molar-refractivity contribution < 1.29 is 4.52 Å². The van der Waals surface area contributed by atoms with E-state index in [1.165, 1.54) is 0 Å². The summed E-state index contributed by atoms with van der Waals surface area (Å²) in [7, 11) is 0. The van der Waals surface area contributed by atoms with Crippen LogP contribution in [0.15, 0.2) is 28.8 Å². The molecule has 1 aromatic carbocycles. The van der Waals surface area contributed by atoms with Gasteiger partial charge in [0, 0.05) is 31.7 Å². The number of aromatic nitrogens is 2. The Morgan fingerprint density at radius 1 is 1.38 bits per heavy atom. The second-order valence-corrected chi connectivity index (χ2v) is 5.11. The minimum atomic E-state index is 0.128. The zero-order valence-corrected chi connectivity index (χ0v) is 11.9. The first kappa shape index (κ1) is 13.7. The lowest BCUT2D eigenvalue weighted by Crippen LogP contribution is -2.44. The van der Waals surface area contributed by atoms with Gasteiger partial charge in [0.25, 0.3) is 5.89 Å². The van der Waals surface area contributed by atoms with Gasteiger partial charge in [-0.15, -0.1) is 0 Å². The summed E-state index contributed by atoms with van der Waals surface area (Å²) in [5.74, 6) is 1.15. The van der Waals surface area contributed by atoms with E-state index in [1.54, 1.807) is 12.1 Å². The number of hydrogen-bond donors (Lipinski definition) is 1. The van der Waals surface area contributed by atoms with Crippen molar-refractivity contribution in [1.29, 1.82) is 5.26 Å². The van der Waals surface area contributed by atoms with E-state index in [-0.39, 0.29) is 6.04 Å². The molecule has 0 amide bonds. The molecule has 2 aromatic rings. The Balaban J connectivity index is 1.80. The molecule has 1 unspecified atom stereocenters. The molecule has 1 aliphatic heterocycles. The predicted octanol–water partition coefficient (Wildman–Crippen LogP) is 1.57. The molecular weight excluding hydrogens is 266 g/mol. The second kappa shape index (κ2) is 6.04. The van der Waals surface area contributed by atoms with Crippen LogP contribution in [-0.2, 0) is 0 Å². The summed E-state index contributed by atoms with van der Waals surface area (Å²) in [4.78, 5) is 6.81. The Labute approximate surface area is 123 Å². The van der Waals surface area contributed by atoms with Crippen molar-refractivity contribution >= 4 is 0 Å². The Morgan fingerprint density at radius 3 is 2.95 bits per heavy atom. The summed E-state index contributed by atoms with van der Waals surface area (Å²) in [5.41, 5.74) is 1.36. The van der Waals surface area contributed by atoms with Crippen LogP contribution in [0.1, 0.15) is 24.4 Å². The summed E-state index contributed by atoms with van der Waals surface area (Å²) >= 11 is 0. The summed E-state index contributed by atoms with van der Waals surface area (Å²) in [5, 5.41) is 16.4. The zero-order valence-electron chi connectivity index (χ0n) is 11.9. The van der Waals surface area contributed by atoms with Gasteiger partial charge in [0.2, 0.25) is 0 Å². The Morgan fingerprint density at radius 2 is 2.19 bits per heavy atom. The van der Waals surface area contributed by atoms with Gasteiger partial charge in [-0.05, 0) is 25.1 Å². The maximum Gasteiger partial charge on any atom is 0.258 e. The molecule has 0 saturated carbocycles. The van der Waals surface area contributed by atoms with Crippen molar-refractivity contribution in [2.45, 2.75) is 13.0 Å². The van der Waals surface area contributed by atoms with Gasteiger partial charge in [0.1, 0.15) is 0 Å². The van der Waals surface area contributed by atoms with Crippen LogP contribution >= 0.6 is 0 Å². The van der Waals surface area contributed by atoms with Gasteiger partial charge in [0.15, 0.2) is 5.82 Å². The van der Waals surface area contributed by atoms with Gasteiger partial charge < -0.3 is 9.84 Å². The lowest BCUT2D eigenvalue weighted by atomic mass is 10.1. The summed E-state index contributed by atoms with van der Waals surface area (Å²) in [6, 6.07) is 9.44. The SMILES string of the molecule is CC(c1noc(-c2cccc(C#N)c2)n1)N1CCNCC1. The van der Waals surface area contributed by atoms with Gasteiger partial charge in [-0.3, -0.25) is 4.90 Å². The van der Waals surface area contributed by atoms with Crippen LogP contribution in [-0.4, -0.2) is 41.2 Å². The highest BCUT2D eigenvalue weighted by molar-refractivity contribution is 5.55. The highest BCUT2D eigenvalue weighted by Gasteiger charge is 2.22. The fourth-order valence-electron chi connectivity index (χ4n) is 2.48. The van der Waals surface area contributed by atoms with Gasteiger partial charge in [0.05, 0.1) is 17.7 Å². The molecule has 2 heterocycles. The smallest absolute Gasteiger partial charge is 0.258 e. The number of nitriles is 1. The normalized spacial score (nSPS) is 17.3. The molecule has 6 heteroatoms. The largest absolute Gasteiger partial charge is 0.334 e. The molecule has 6 nitrogen and oxygen atoms in total. The minimum Gasteiger partial charge on any atom is -0.334 e. The van der Waals surface area contributed by atoms with E-state index in [1.807, 2.05) is 12.1 Å². The van der Waals surface area contributed by atoms with E-state index in [2.05, 4.69) is 33.4 Å². The van der Waals surface area contributed by atoms with Gasteiger partial charge >= 0.3 is 0 Å². The van der Waals surface area contributed by atoms with Crippen LogP contribution in [0.25, 0.3) is 11.5 Å². The Bertz CT molecular complexity index is 654. The molecule has 1 atom stereocenters. The zero-order chi connectivity index (χ0) is 14.7. The maximum absolute atomic E-state index is 8.94. The average molecular weight is 283 g/mol. The number of rotatable bonds is 3. The highest BCUT2D eigenvalue weighted by atomic mass is 16.5. The van der Waals surface area contributed by atoms with Crippen LogP contribution < -0.4 is 5.32 Å². The van der Waals surface area contributed by atoms with Crippen LogP contribution in [0.4, 0.5) is 0 Å². The standard InChI is InChI=1S/C15H17N5O/c1-11(20-7-5-17-6-8-20)14-18-15(21-19-14)13-4-2-3-12(9-13)10-16/h2-4,9,11,17H,5-8H2,1H3. The van der Waals surface area contributed by atoms with Crippen molar-refractivity contribution in [2.24, 2.45) is 0 Å². The molecule has 3 rings (SSSR count). The molecule has 1 aromatic heterocycles. The molecule has 1 saturated heterocycles. The molecule has 0 aliphatic carbocycles. The third-order valence-corrected chi connectivity index (χ3v) is 3.75. The first-order chi connectivity index (χ1) is 10.3. The maximum atomic E-state index is 8.94. The van der Waals surface area contributed by atoms with E-state index < -0.39 is 0 Å². The number of nitrogens with zero attached hydrogens (tertiary/aromatic N) is 4. The number of benzene rings is 1. The fourth-order valence-corrected chi connectivity index (χ4v) is 2.48. The minimum absolute atomic E-state index is 0.128. The predicted molar refractivity (Wildman–Crippen MR) is 77.3 cm³/mol. The molecule has 1 aliphatic rings. The van der Waals surface area contributed by atoms with Gasteiger partial charge in [-0.2, -0.15) is 10.2 Å². The molecular formula is C15H17N5O. The molecule has 1 N–H and O–H groups in total. The lowest BCUT2D eigenvalue weighted by Gasteiger charge is -2.30. The molecule has 1 fully saturated rings. The van der Waals surface area contributed by atoms with Gasteiger partial charge in [-0.1, -0.05) is 11.2 Å². The fraction of sp³-hybridized carbons (Fsp3) is 0.400. The summed E-state index contributed by atoms with van der Waals surface area (Å²) in [6.07, 6.45) is 0. The van der Waals surface area contributed by atoms with Crippen molar-refractivity contribution in [2.75, 3.05) is 26.2 Å². The van der Waals surface area contributed by atoms with E-state index in [0.717, 1.165) is 31.7 Å². The first-order valence-electron chi connectivity index (χ1n) is 7.07. The molecule has 0 bridgehead atoms. The average Bonchev–Trinajstić information content (AvgIpc) is 3.05. The lowest BCUT2D eigenvalue weighted by molar-refractivity contribution is 0.176. The number of hydrogen-bond acceptors (Lipinski definition) is 6. The third-order valence-electron chi connectivity index (χ3n) is 3.75. The summed E-state index contributed by atoms with van der Waals surface area (Å²) < 4.78 is 5.35. The van der Waals surface area contributed by atoms with E-state index in [4.69, 9.17) is 9.78 Å². The van der Waals surface area contributed by atoms with Crippen LogP contribution in [0, 0.1) is 11.3 Å². The molecule has 108 valence electrons. The summed E-state index contributed by atoms with van der Waals surface area (Å²) in [6.45, 7) is 6.02. The van der Waals surface area contributed by atoms with Crippen LogP contribution in [0.2, 0.25) is 0 Å². The van der Waals surface area contributed by atoms with E-state index in [9.17, 15) is 0 Å². The quantitative estimate of drug-likeness (QED) is 0.921. The molecule has 0 spiro atoms. The van der Waals surface area contributed by atoms with Crippen molar-refractivity contribution in [3.8, 4) is 17.5 Å². The van der Waals surface area contributed by atoms with Crippen LogP contribution in [0.3, 0.4) is 0 Å². The van der Waals surface area contributed by atoms with Crippen molar-refractivity contribution in [3.63, 3.8) is 0 Å². The first-order valence-corrected chi connectivity index (χ1v) is 7.07. The second-order valence-electron chi connectivity index (χ2n) is 5.11. The van der Waals surface area contributed by atoms with E-state index in [0.29, 0.717) is 17.3 Å². The molecule has 21 heavy (non-hydrogen) atoms.